The molecule has 0 unspecified atom stereocenters. The van der Waals surface area contributed by atoms with Crippen LogP contribution in [0.4, 0.5) is 11.5 Å². The molecule has 0 saturated heterocycles. The number of anilines is 1. The lowest BCUT2D eigenvalue weighted by atomic mass is 10.4. The quantitative estimate of drug-likeness (QED) is 0.320. The Morgan fingerprint density at radius 2 is 2.38 bits per heavy atom. The number of nitrogens with one attached hydrogen (secondary N) is 1. The first-order valence-corrected chi connectivity index (χ1v) is 4.79. The van der Waals surface area contributed by atoms with Crippen LogP contribution in [0.5, 0.6) is 5.88 Å². The molecule has 8 nitrogen and oxygen atoms in total. The predicted octanol–water partition coefficient (Wildman–Crippen LogP) is 0.849. The van der Waals surface area contributed by atoms with Crippen LogP contribution in [0, 0.1) is 10.1 Å². The Kier molecular flexibility index (Phi) is 4.40. The second kappa shape index (κ2) is 5.81. The Hall–Kier alpha value is -1.96. The molecule has 88 valence electrons. The number of hydrazine groups is 1. The van der Waals surface area contributed by atoms with Gasteiger partial charge in [-0.3, -0.25) is 10.1 Å². The van der Waals surface area contributed by atoms with Crippen molar-refractivity contribution < 1.29 is 9.66 Å². The number of ether oxygens (including phenoxy) is 1. The van der Waals surface area contributed by atoms with Gasteiger partial charge in [0, 0.05) is 0 Å². The van der Waals surface area contributed by atoms with Crippen LogP contribution >= 0.6 is 0 Å². The van der Waals surface area contributed by atoms with E-state index in [0.717, 1.165) is 19.2 Å². The number of hydrogen-bond donors (Lipinski definition) is 2. The Morgan fingerprint density at radius 3 is 2.94 bits per heavy atom. The number of hydrogen-bond acceptors (Lipinski definition) is 7. The van der Waals surface area contributed by atoms with E-state index in [1.165, 1.54) is 0 Å². The van der Waals surface area contributed by atoms with E-state index in [1.807, 2.05) is 6.92 Å². The minimum absolute atomic E-state index is 0.0634. The highest BCUT2D eigenvalue weighted by Crippen LogP contribution is 2.29. The molecule has 0 fully saturated rings. The predicted molar refractivity (Wildman–Crippen MR) is 56.9 cm³/mol. The fourth-order valence-electron chi connectivity index (χ4n) is 1.05. The van der Waals surface area contributed by atoms with E-state index in [4.69, 9.17) is 10.6 Å². The molecular weight excluding hydrogens is 214 g/mol. The third-order valence-corrected chi connectivity index (χ3v) is 1.84. The smallest absolute Gasteiger partial charge is 0.374 e. The molecule has 0 radical (unpaired) electrons. The molecule has 1 heterocycles. The molecule has 3 N–H and O–H groups in total. The first kappa shape index (κ1) is 12.1. The number of nitrogen functional groups attached to an aromatic ring is 1. The van der Waals surface area contributed by atoms with E-state index >= 15 is 0 Å². The average molecular weight is 227 g/mol. The SMILES string of the molecule is CCCCOc1ncnc(NN)c1[N+](=O)[O-]. The van der Waals surface area contributed by atoms with E-state index in [0.29, 0.717) is 6.61 Å². The van der Waals surface area contributed by atoms with Gasteiger partial charge in [0.2, 0.25) is 5.82 Å². The summed E-state index contributed by atoms with van der Waals surface area (Å²) < 4.78 is 5.19. The summed E-state index contributed by atoms with van der Waals surface area (Å²) in [5.74, 6) is 4.98. The van der Waals surface area contributed by atoms with Crippen molar-refractivity contribution in [1.29, 1.82) is 0 Å². The van der Waals surface area contributed by atoms with Crippen molar-refractivity contribution in [3.63, 3.8) is 0 Å². The van der Waals surface area contributed by atoms with Crippen LogP contribution in [0.3, 0.4) is 0 Å². The van der Waals surface area contributed by atoms with E-state index in [-0.39, 0.29) is 17.4 Å². The number of rotatable bonds is 6. The van der Waals surface area contributed by atoms with E-state index in [9.17, 15) is 10.1 Å². The van der Waals surface area contributed by atoms with E-state index in [2.05, 4.69) is 15.4 Å². The highest BCUT2D eigenvalue weighted by atomic mass is 16.6. The van der Waals surface area contributed by atoms with Crippen molar-refractivity contribution >= 4 is 11.5 Å². The largest absolute Gasteiger partial charge is 0.473 e. The number of nitrogens with two attached hydrogens (primary N) is 1. The second-order valence-electron chi connectivity index (χ2n) is 2.98. The van der Waals surface area contributed by atoms with Crippen LogP contribution in [0.15, 0.2) is 6.33 Å². The zero-order valence-corrected chi connectivity index (χ0v) is 8.84. The number of unbranched alkanes of at least 4 members (excludes halogenated alkanes) is 1. The zero-order chi connectivity index (χ0) is 12.0. The van der Waals surface area contributed by atoms with Crippen molar-refractivity contribution in [3.8, 4) is 5.88 Å². The Bertz CT molecular complexity index is 371. The molecule has 0 aliphatic carbocycles. The van der Waals surface area contributed by atoms with Crippen molar-refractivity contribution in [2.24, 2.45) is 5.84 Å². The summed E-state index contributed by atoms with van der Waals surface area (Å²) in [6, 6.07) is 0. The van der Waals surface area contributed by atoms with Crippen molar-refractivity contribution in [2.75, 3.05) is 12.0 Å². The van der Waals surface area contributed by atoms with Gasteiger partial charge >= 0.3 is 5.69 Å². The van der Waals surface area contributed by atoms with E-state index in [1.54, 1.807) is 0 Å². The van der Waals surface area contributed by atoms with Crippen LogP contribution < -0.4 is 16.0 Å². The molecule has 1 aromatic heterocycles. The van der Waals surface area contributed by atoms with Gasteiger partial charge in [-0.2, -0.15) is 4.98 Å². The molecule has 0 bridgehead atoms. The topological polar surface area (TPSA) is 116 Å². The van der Waals surface area contributed by atoms with Gasteiger partial charge in [0.1, 0.15) is 6.33 Å². The molecule has 1 rings (SSSR count). The molecule has 0 saturated carbocycles. The molecule has 0 aliphatic heterocycles. The molecule has 16 heavy (non-hydrogen) atoms. The van der Waals surface area contributed by atoms with Crippen molar-refractivity contribution in [1.82, 2.24) is 9.97 Å². The van der Waals surface area contributed by atoms with Crippen LogP contribution in [-0.4, -0.2) is 21.5 Å². The molecule has 0 spiro atoms. The maximum atomic E-state index is 10.8. The summed E-state index contributed by atoms with van der Waals surface area (Å²) in [6.45, 7) is 2.36. The summed E-state index contributed by atoms with van der Waals surface area (Å²) in [5, 5.41) is 10.8. The Morgan fingerprint density at radius 1 is 1.62 bits per heavy atom. The molecular formula is C8H13N5O3. The number of aromatic nitrogens is 2. The van der Waals surface area contributed by atoms with Gasteiger partial charge in [0.15, 0.2) is 0 Å². The highest BCUT2D eigenvalue weighted by molar-refractivity contribution is 5.60. The third kappa shape index (κ3) is 2.76. The van der Waals surface area contributed by atoms with Gasteiger partial charge in [-0.1, -0.05) is 13.3 Å². The van der Waals surface area contributed by atoms with Crippen LogP contribution in [0.2, 0.25) is 0 Å². The molecule has 0 atom stereocenters. The number of nitro groups is 1. The lowest BCUT2D eigenvalue weighted by Crippen LogP contribution is -2.12. The monoisotopic (exact) mass is 227 g/mol. The molecule has 0 aromatic carbocycles. The Balaban J connectivity index is 2.93. The minimum Gasteiger partial charge on any atom is -0.473 e. The molecule has 1 aromatic rings. The summed E-state index contributed by atoms with van der Waals surface area (Å²) in [6.07, 6.45) is 2.89. The van der Waals surface area contributed by atoms with Gasteiger partial charge < -0.3 is 10.2 Å². The third-order valence-electron chi connectivity index (χ3n) is 1.84. The maximum Gasteiger partial charge on any atom is 0.374 e. The summed E-state index contributed by atoms with van der Waals surface area (Å²) >= 11 is 0. The fraction of sp³-hybridized carbons (Fsp3) is 0.500. The van der Waals surface area contributed by atoms with Crippen molar-refractivity contribution in [2.45, 2.75) is 19.8 Å². The summed E-state index contributed by atoms with van der Waals surface area (Å²) in [7, 11) is 0. The van der Waals surface area contributed by atoms with E-state index < -0.39 is 4.92 Å². The van der Waals surface area contributed by atoms with Crippen molar-refractivity contribution in [3.05, 3.63) is 16.4 Å². The zero-order valence-electron chi connectivity index (χ0n) is 8.84. The first-order valence-electron chi connectivity index (χ1n) is 4.79. The van der Waals surface area contributed by atoms with Gasteiger partial charge in [-0.15, -0.1) is 0 Å². The first-order chi connectivity index (χ1) is 7.70. The normalized spacial score (nSPS) is 9.88. The maximum absolute atomic E-state index is 10.8. The minimum atomic E-state index is -0.628. The molecule has 0 amide bonds. The van der Waals surface area contributed by atoms with Crippen LogP contribution in [0.25, 0.3) is 0 Å². The second-order valence-corrected chi connectivity index (χ2v) is 2.98. The van der Waals surface area contributed by atoms with Crippen LogP contribution in [-0.2, 0) is 0 Å². The average Bonchev–Trinajstić information content (AvgIpc) is 2.28. The summed E-state index contributed by atoms with van der Waals surface area (Å²) in [4.78, 5) is 17.5. The standard InChI is InChI=1S/C8H13N5O3/c1-2-3-4-16-8-6(13(14)15)7(12-9)10-5-11-8/h5H,2-4,9H2,1H3,(H,10,11,12). The van der Waals surface area contributed by atoms with Gasteiger partial charge in [-0.05, 0) is 6.42 Å². The van der Waals surface area contributed by atoms with Gasteiger partial charge in [0.25, 0.3) is 5.88 Å². The lowest BCUT2D eigenvalue weighted by Gasteiger charge is -2.06. The number of nitrogens with zero attached hydrogens (tertiary/aromatic N) is 3. The van der Waals surface area contributed by atoms with Crippen LogP contribution in [0.1, 0.15) is 19.8 Å². The molecule has 0 aliphatic rings. The van der Waals surface area contributed by atoms with Gasteiger partial charge in [-0.25, -0.2) is 10.8 Å². The molecule has 8 heteroatoms. The highest BCUT2D eigenvalue weighted by Gasteiger charge is 2.23. The lowest BCUT2D eigenvalue weighted by molar-refractivity contribution is -0.385. The summed E-state index contributed by atoms with van der Waals surface area (Å²) in [5.41, 5.74) is 1.79. The fourth-order valence-corrected chi connectivity index (χ4v) is 1.05. The Labute approximate surface area is 92.0 Å². The van der Waals surface area contributed by atoms with Gasteiger partial charge in [0.05, 0.1) is 11.5 Å².